The molecule has 138 valence electrons. The predicted molar refractivity (Wildman–Crippen MR) is 101 cm³/mol. The molecule has 0 aliphatic rings. The highest BCUT2D eigenvalue weighted by Gasteiger charge is 2.08. The summed E-state index contributed by atoms with van der Waals surface area (Å²) in [7, 11) is 1.55. The van der Waals surface area contributed by atoms with Gasteiger partial charge in [0.1, 0.15) is 5.75 Å². The normalized spacial score (nSPS) is 10.8. The predicted octanol–water partition coefficient (Wildman–Crippen LogP) is 4.45. The summed E-state index contributed by atoms with van der Waals surface area (Å²) in [5.41, 5.74) is 1.04. The number of rotatable bonds is 10. The first-order valence-electron chi connectivity index (χ1n) is 8.54. The lowest BCUT2D eigenvalue weighted by atomic mass is 10.1. The third-order valence-electron chi connectivity index (χ3n) is 3.65. The van der Waals surface area contributed by atoms with Crippen molar-refractivity contribution in [2.75, 3.05) is 20.5 Å². The fourth-order valence-corrected chi connectivity index (χ4v) is 2.25. The van der Waals surface area contributed by atoms with Gasteiger partial charge in [-0.25, -0.2) is 0 Å². The molecule has 2 aromatic carbocycles. The van der Waals surface area contributed by atoms with Crippen LogP contribution in [0, 0.1) is 0 Å². The van der Waals surface area contributed by atoms with E-state index in [1.54, 1.807) is 37.5 Å². The van der Waals surface area contributed by atoms with Gasteiger partial charge in [-0.2, -0.15) is 0 Å². The zero-order valence-corrected chi connectivity index (χ0v) is 15.1. The average molecular weight is 356 g/mol. The molecular formula is C21H24O5. The first-order chi connectivity index (χ1) is 12.7. The summed E-state index contributed by atoms with van der Waals surface area (Å²) in [6, 6.07) is 11.9. The number of phenols is 1. The number of carbonyl (C=O) groups excluding carboxylic acids is 1. The Morgan fingerprint density at radius 1 is 1.12 bits per heavy atom. The van der Waals surface area contributed by atoms with Gasteiger partial charge < -0.3 is 19.3 Å². The first kappa shape index (κ1) is 19.5. The van der Waals surface area contributed by atoms with E-state index in [0.29, 0.717) is 18.1 Å². The summed E-state index contributed by atoms with van der Waals surface area (Å²) in [4.78, 5) is 12.2. The topological polar surface area (TPSA) is 65.0 Å². The van der Waals surface area contributed by atoms with Crippen molar-refractivity contribution in [3.8, 4) is 17.2 Å². The van der Waals surface area contributed by atoms with Gasteiger partial charge in [0.2, 0.25) is 0 Å². The number of benzene rings is 2. The molecule has 0 radical (unpaired) electrons. The smallest absolute Gasteiger partial charge is 0.189 e. The van der Waals surface area contributed by atoms with Crippen molar-refractivity contribution >= 4 is 11.9 Å². The molecule has 26 heavy (non-hydrogen) atoms. The molecule has 0 spiro atoms. The Kier molecular flexibility index (Phi) is 7.71. The molecule has 0 unspecified atom stereocenters. The Balaban J connectivity index is 2.15. The van der Waals surface area contributed by atoms with Gasteiger partial charge in [0.25, 0.3) is 0 Å². The molecule has 0 aliphatic carbocycles. The van der Waals surface area contributed by atoms with Gasteiger partial charge in [0, 0.05) is 7.11 Å². The molecule has 0 fully saturated rings. The van der Waals surface area contributed by atoms with Crippen LogP contribution in [0.3, 0.4) is 0 Å². The van der Waals surface area contributed by atoms with Gasteiger partial charge in [-0.15, -0.1) is 0 Å². The van der Waals surface area contributed by atoms with Gasteiger partial charge >= 0.3 is 0 Å². The van der Waals surface area contributed by atoms with Crippen LogP contribution < -0.4 is 9.47 Å². The second-order valence-corrected chi connectivity index (χ2v) is 5.67. The third-order valence-corrected chi connectivity index (χ3v) is 3.65. The van der Waals surface area contributed by atoms with Crippen LogP contribution >= 0.6 is 0 Å². The zero-order chi connectivity index (χ0) is 18.8. The maximum atomic E-state index is 12.2. The second-order valence-electron chi connectivity index (χ2n) is 5.67. The number of phenolic OH excluding ortho intramolecular Hbond substituents is 1. The average Bonchev–Trinajstić information content (AvgIpc) is 2.66. The molecule has 2 aromatic rings. The molecule has 5 heteroatoms. The minimum absolute atomic E-state index is 0.0362. The second kappa shape index (κ2) is 10.3. The highest BCUT2D eigenvalue weighted by molar-refractivity contribution is 6.08. The molecule has 0 heterocycles. The lowest BCUT2D eigenvalue weighted by Gasteiger charge is -2.12. The summed E-state index contributed by atoms with van der Waals surface area (Å²) in [6.45, 7) is 2.82. The minimum Gasteiger partial charge on any atom is -0.507 e. The van der Waals surface area contributed by atoms with Crippen LogP contribution in [0.15, 0.2) is 48.5 Å². The van der Waals surface area contributed by atoms with Crippen molar-refractivity contribution in [2.45, 2.75) is 19.8 Å². The van der Waals surface area contributed by atoms with Crippen LogP contribution in [0.5, 0.6) is 17.2 Å². The Morgan fingerprint density at radius 3 is 2.65 bits per heavy atom. The molecule has 2 rings (SSSR count). The van der Waals surface area contributed by atoms with Crippen LogP contribution in [-0.4, -0.2) is 31.4 Å². The van der Waals surface area contributed by atoms with Crippen molar-refractivity contribution in [3.63, 3.8) is 0 Å². The number of hydrogen-bond acceptors (Lipinski definition) is 5. The lowest BCUT2D eigenvalue weighted by Crippen LogP contribution is -2.03. The van der Waals surface area contributed by atoms with Crippen LogP contribution in [0.25, 0.3) is 6.08 Å². The summed E-state index contributed by atoms with van der Waals surface area (Å²) in [5.74, 6) is 0.886. The SMILES string of the molecule is CCCCOc1ccc(/C=C/C(=O)c2ccccc2O)cc1OCOC. The van der Waals surface area contributed by atoms with Crippen molar-refractivity contribution < 1.29 is 24.1 Å². The maximum Gasteiger partial charge on any atom is 0.189 e. The standard InChI is InChI=1S/C21H24O5/c1-3-4-13-25-20-12-10-16(14-21(20)26-15-24-2)9-11-19(23)17-7-5-6-8-18(17)22/h5-12,14,22H,3-4,13,15H2,1-2H3/b11-9+. The molecule has 0 aliphatic heterocycles. The number of hydrogen-bond donors (Lipinski definition) is 1. The van der Waals surface area contributed by atoms with Gasteiger partial charge in [0.15, 0.2) is 24.1 Å². The number of methoxy groups -OCH3 is 1. The Hall–Kier alpha value is -2.79. The van der Waals surface area contributed by atoms with Crippen LogP contribution in [0.1, 0.15) is 35.7 Å². The highest BCUT2D eigenvalue weighted by atomic mass is 16.7. The summed E-state index contributed by atoms with van der Waals surface area (Å²) in [6.07, 6.45) is 5.09. The zero-order valence-electron chi connectivity index (χ0n) is 15.1. The van der Waals surface area contributed by atoms with Crippen LogP contribution in [0.2, 0.25) is 0 Å². The fourth-order valence-electron chi connectivity index (χ4n) is 2.25. The monoisotopic (exact) mass is 356 g/mol. The molecule has 0 atom stereocenters. The number of allylic oxidation sites excluding steroid dienone is 1. The van der Waals surface area contributed by atoms with E-state index in [1.165, 1.54) is 12.1 Å². The molecule has 1 N–H and O–H groups in total. The fraction of sp³-hybridized carbons (Fsp3) is 0.286. The number of ether oxygens (including phenoxy) is 3. The summed E-state index contributed by atoms with van der Waals surface area (Å²) >= 11 is 0. The molecular weight excluding hydrogens is 332 g/mol. The molecule has 0 amide bonds. The van der Waals surface area contributed by atoms with Crippen molar-refractivity contribution in [1.29, 1.82) is 0 Å². The van der Waals surface area contributed by atoms with E-state index in [4.69, 9.17) is 14.2 Å². The number of aromatic hydroxyl groups is 1. The quantitative estimate of drug-likeness (QED) is 0.295. The molecule has 0 aromatic heterocycles. The van der Waals surface area contributed by atoms with Crippen LogP contribution in [0.4, 0.5) is 0 Å². The van der Waals surface area contributed by atoms with Crippen molar-refractivity contribution in [2.24, 2.45) is 0 Å². The number of unbranched alkanes of at least 4 members (excludes halogenated alkanes) is 1. The molecule has 5 nitrogen and oxygen atoms in total. The van der Waals surface area contributed by atoms with Gasteiger partial charge in [-0.1, -0.05) is 37.6 Å². The minimum atomic E-state index is -0.272. The highest BCUT2D eigenvalue weighted by Crippen LogP contribution is 2.29. The Labute approximate surface area is 153 Å². The van der Waals surface area contributed by atoms with E-state index in [-0.39, 0.29) is 23.9 Å². The van der Waals surface area contributed by atoms with Gasteiger partial charge in [-0.05, 0) is 42.3 Å². The van der Waals surface area contributed by atoms with E-state index in [0.717, 1.165) is 18.4 Å². The molecule has 0 bridgehead atoms. The first-order valence-corrected chi connectivity index (χ1v) is 8.54. The molecule has 0 saturated heterocycles. The van der Waals surface area contributed by atoms with Crippen molar-refractivity contribution in [1.82, 2.24) is 0 Å². The number of ketones is 1. The van der Waals surface area contributed by atoms with Gasteiger partial charge in [0.05, 0.1) is 12.2 Å². The summed E-state index contributed by atoms with van der Waals surface area (Å²) < 4.78 is 16.3. The van der Waals surface area contributed by atoms with Gasteiger partial charge in [-0.3, -0.25) is 4.79 Å². The van der Waals surface area contributed by atoms with Crippen molar-refractivity contribution in [3.05, 3.63) is 59.7 Å². The third kappa shape index (κ3) is 5.63. The van der Waals surface area contributed by atoms with E-state index in [9.17, 15) is 9.90 Å². The Morgan fingerprint density at radius 2 is 1.92 bits per heavy atom. The largest absolute Gasteiger partial charge is 0.507 e. The Bertz CT molecular complexity index is 752. The summed E-state index contributed by atoms with van der Waals surface area (Å²) in [5, 5.41) is 9.75. The van der Waals surface area contributed by atoms with E-state index in [2.05, 4.69) is 6.92 Å². The van der Waals surface area contributed by atoms with E-state index >= 15 is 0 Å². The van der Waals surface area contributed by atoms with E-state index in [1.807, 2.05) is 12.1 Å². The molecule has 0 saturated carbocycles. The number of para-hydroxylation sites is 1. The lowest BCUT2D eigenvalue weighted by molar-refractivity contribution is 0.0485. The maximum absolute atomic E-state index is 12.2. The van der Waals surface area contributed by atoms with E-state index < -0.39 is 0 Å². The van der Waals surface area contributed by atoms with Crippen LogP contribution in [-0.2, 0) is 4.74 Å². The number of carbonyl (C=O) groups is 1.